The second-order valence-corrected chi connectivity index (χ2v) is 11.4. The maximum absolute atomic E-state index is 12.2. The van der Waals surface area contributed by atoms with E-state index in [9.17, 15) is 4.79 Å². The Morgan fingerprint density at radius 1 is 1.00 bits per heavy atom. The van der Waals surface area contributed by atoms with Crippen LogP contribution in [0.15, 0.2) is 80.5 Å². The van der Waals surface area contributed by atoms with Gasteiger partial charge in [0.2, 0.25) is 0 Å². The molecule has 0 radical (unpaired) electrons. The minimum Gasteiger partial charge on any atom is -0.494 e. The van der Waals surface area contributed by atoms with Crippen LogP contribution in [0, 0.1) is 0 Å². The Balaban J connectivity index is 1.18. The van der Waals surface area contributed by atoms with Crippen LogP contribution >= 0.6 is 34.9 Å². The normalized spacial score (nSPS) is 11.2. The molecule has 0 atom stereocenters. The van der Waals surface area contributed by atoms with Crippen molar-refractivity contribution in [2.75, 3.05) is 12.4 Å². The monoisotopic (exact) mass is 536 g/mol. The van der Waals surface area contributed by atoms with E-state index in [1.165, 1.54) is 52.3 Å². The Morgan fingerprint density at radius 2 is 1.78 bits per heavy atom. The Labute approximate surface area is 223 Å². The molecule has 4 rings (SSSR count). The summed E-state index contributed by atoms with van der Waals surface area (Å²) in [7, 11) is 0. The number of unbranched alkanes of at least 4 members (excludes halogenated alkanes) is 2. The van der Waals surface area contributed by atoms with Crippen LogP contribution in [0.25, 0.3) is 10.8 Å². The Kier molecular flexibility index (Phi) is 10.2. The van der Waals surface area contributed by atoms with Crippen LogP contribution in [0.4, 0.5) is 0 Å². The lowest BCUT2D eigenvalue weighted by Crippen LogP contribution is -2.19. The van der Waals surface area contributed by atoms with Gasteiger partial charge in [-0.3, -0.25) is 4.79 Å². The number of fused-ring (bicyclic) bond motifs is 1. The van der Waals surface area contributed by atoms with Gasteiger partial charge in [-0.05, 0) is 52.6 Å². The van der Waals surface area contributed by atoms with E-state index < -0.39 is 0 Å². The van der Waals surface area contributed by atoms with E-state index in [-0.39, 0.29) is 11.7 Å². The van der Waals surface area contributed by atoms with E-state index in [0.717, 1.165) is 38.8 Å². The molecule has 1 amide bonds. The van der Waals surface area contributed by atoms with Gasteiger partial charge in [-0.2, -0.15) is 5.10 Å². The number of hydrazone groups is 1. The molecule has 0 fully saturated rings. The number of nitrogens with one attached hydrogen (secondary N) is 1. The van der Waals surface area contributed by atoms with Crippen LogP contribution in [-0.2, 0) is 10.5 Å². The quantitative estimate of drug-likeness (QED) is 0.0877. The Morgan fingerprint density at radius 3 is 2.61 bits per heavy atom. The fraction of sp³-hybridized carbons (Fsp3) is 0.259. The number of carbonyl (C=O) groups excluding carboxylic acids is 1. The van der Waals surface area contributed by atoms with Gasteiger partial charge in [-0.1, -0.05) is 97.1 Å². The van der Waals surface area contributed by atoms with Crippen LogP contribution in [0.1, 0.15) is 37.3 Å². The van der Waals surface area contributed by atoms with Crippen LogP contribution in [0.5, 0.6) is 5.75 Å². The second-order valence-electron chi connectivity index (χ2n) is 7.97. The second kappa shape index (κ2) is 14.0. The molecule has 3 aromatic carbocycles. The molecule has 0 saturated carbocycles. The zero-order chi connectivity index (χ0) is 25.0. The van der Waals surface area contributed by atoms with Gasteiger partial charge in [0.15, 0.2) is 8.68 Å². The molecule has 1 heterocycles. The smallest absolute Gasteiger partial charge is 0.250 e. The molecule has 6 nitrogen and oxygen atoms in total. The predicted molar refractivity (Wildman–Crippen MR) is 151 cm³/mol. The van der Waals surface area contributed by atoms with E-state index in [4.69, 9.17) is 4.74 Å². The highest BCUT2D eigenvalue weighted by Crippen LogP contribution is 2.32. The summed E-state index contributed by atoms with van der Waals surface area (Å²) in [6.07, 6.45) is 5.03. The molecule has 1 aromatic heterocycles. The Hall–Kier alpha value is -2.88. The van der Waals surface area contributed by atoms with Crippen molar-refractivity contribution < 1.29 is 9.53 Å². The van der Waals surface area contributed by atoms with Gasteiger partial charge in [-0.15, -0.1) is 10.2 Å². The molecule has 0 aliphatic heterocycles. The predicted octanol–water partition coefficient (Wildman–Crippen LogP) is 6.80. The minimum atomic E-state index is -0.188. The van der Waals surface area contributed by atoms with E-state index in [2.05, 4.69) is 70.1 Å². The molecule has 9 heteroatoms. The van der Waals surface area contributed by atoms with E-state index in [0.29, 0.717) is 0 Å². The maximum atomic E-state index is 12.2. The number of amides is 1. The van der Waals surface area contributed by atoms with Gasteiger partial charge in [-0.25, -0.2) is 5.43 Å². The highest BCUT2D eigenvalue weighted by Gasteiger charge is 2.09. The average Bonchev–Trinajstić information content (AvgIpc) is 3.37. The van der Waals surface area contributed by atoms with Crippen LogP contribution in [0.3, 0.4) is 0 Å². The van der Waals surface area contributed by atoms with E-state index in [1.807, 2.05) is 24.3 Å². The first-order valence-electron chi connectivity index (χ1n) is 11.8. The molecule has 0 saturated heterocycles. The fourth-order valence-electron chi connectivity index (χ4n) is 3.40. The maximum Gasteiger partial charge on any atom is 0.250 e. The van der Waals surface area contributed by atoms with Crippen molar-refractivity contribution in [1.29, 1.82) is 0 Å². The lowest BCUT2D eigenvalue weighted by molar-refractivity contribution is -0.118. The van der Waals surface area contributed by atoms with Crippen LogP contribution in [0.2, 0.25) is 0 Å². The number of benzene rings is 3. The lowest BCUT2D eigenvalue weighted by Gasteiger charge is -2.05. The molecular formula is C27H28N4O2S3. The van der Waals surface area contributed by atoms with Crippen LogP contribution < -0.4 is 10.2 Å². The van der Waals surface area contributed by atoms with Crippen LogP contribution in [-0.4, -0.2) is 34.7 Å². The van der Waals surface area contributed by atoms with Gasteiger partial charge < -0.3 is 4.74 Å². The molecule has 4 aromatic rings. The third kappa shape index (κ3) is 8.08. The molecule has 0 bridgehead atoms. The lowest BCUT2D eigenvalue weighted by atomic mass is 10.1. The summed E-state index contributed by atoms with van der Waals surface area (Å²) in [5.74, 6) is 1.70. The third-order valence-electron chi connectivity index (χ3n) is 5.25. The molecule has 0 aliphatic rings. The standard InChI is InChI=1S/C27H28N4O2S3/c1-2-3-6-16-33-23-14-12-20(13-15-23)17-28-29-25(32)19-35-27-31-30-26(36-27)34-18-22-10-7-9-21-8-4-5-11-24(21)22/h4-5,7-15,17H,2-3,6,16,18-19H2,1H3,(H,29,32)/b28-17+. The highest BCUT2D eigenvalue weighted by molar-refractivity contribution is 8.03. The van der Waals surface area contributed by atoms with Crippen molar-refractivity contribution in [3.63, 3.8) is 0 Å². The number of thioether (sulfide) groups is 2. The highest BCUT2D eigenvalue weighted by atomic mass is 32.2. The summed E-state index contributed by atoms with van der Waals surface area (Å²) in [5.41, 5.74) is 4.73. The topological polar surface area (TPSA) is 76.5 Å². The van der Waals surface area contributed by atoms with E-state index >= 15 is 0 Å². The number of hydrogen-bond donors (Lipinski definition) is 1. The first kappa shape index (κ1) is 26.2. The SMILES string of the molecule is CCCCCOc1ccc(/C=N/NC(=O)CSc2nnc(SCc3cccc4ccccc34)s2)cc1. The number of nitrogens with zero attached hydrogens (tertiary/aromatic N) is 3. The molecular weight excluding hydrogens is 509 g/mol. The minimum absolute atomic E-state index is 0.188. The Bertz CT molecular complexity index is 1290. The van der Waals surface area contributed by atoms with Gasteiger partial charge in [0, 0.05) is 5.75 Å². The molecule has 186 valence electrons. The molecule has 36 heavy (non-hydrogen) atoms. The molecule has 0 spiro atoms. The average molecular weight is 537 g/mol. The van der Waals surface area contributed by atoms with Gasteiger partial charge in [0.05, 0.1) is 18.6 Å². The van der Waals surface area contributed by atoms with Gasteiger partial charge >= 0.3 is 0 Å². The van der Waals surface area contributed by atoms with Gasteiger partial charge in [0.25, 0.3) is 5.91 Å². The zero-order valence-corrected chi connectivity index (χ0v) is 22.5. The van der Waals surface area contributed by atoms with Crippen molar-refractivity contribution in [2.24, 2.45) is 5.10 Å². The largest absolute Gasteiger partial charge is 0.494 e. The summed E-state index contributed by atoms with van der Waals surface area (Å²) >= 11 is 4.53. The first-order valence-corrected chi connectivity index (χ1v) is 14.6. The summed E-state index contributed by atoms with van der Waals surface area (Å²) in [5, 5.41) is 15.0. The molecule has 0 aliphatic carbocycles. The fourth-order valence-corrected chi connectivity index (χ4v) is 6.22. The number of hydrogen-bond acceptors (Lipinski definition) is 8. The summed E-state index contributed by atoms with van der Waals surface area (Å²) in [4.78, 5) is 12.2. The van der Waals surface area contributed by atoms with Crippen molar-refractivity contribution in [3.05, 3.63) is 77.9 Å². The summed E-state index contributed by atoms with van der Waals surface area (Å²) in [6, 6.07) is 22.4. The van der Waals surface area contributed by atoms with Crippen molar-refractivity contribution >= 4 is 57.8 Å². The number of aromatic nitrogens is 2. The zero-order valence-electron chi connectivity index (χ0n) is 20.1. The molecule has 1 N–H and O–H groups in total. The van der Waals surface area contributed by atoms with Crippen molar-refractivity contribution in [1.82, 2.24) is 15.6 Å². The van der Waals surface area contributed by atoms with Gasteiger partial charge in [0.1, 0.15) is 5.75 Å². The van der Waals surface area contributed by atoms with Crippen molar-refractivity contribution in [2.45, 2.75) is 40.6 Å². The number of carbonyl (C=O) groups is 1. The summed E-state index contributed by atoms with van der Waals surface area (Å²) in [6.45, 7) is 2.90. The summed E-state index contributed by atoms with van der Waals surface area (Å²) < 4.78 is 7.37. The first-order chi connectivity index (χ1) is 17.7. The van der Waals surface area contributed by atoms with Crippen molar-refractivity contribution in [3.8, 4) is 5.75 Å². The number of ether oxygens (including phenoxy) is 1. The third-order valence-corrected chi connectivity index (χ3v) is 8.48. The number of rotatable bonds is 13. The molecule has 0 unspecified atom stereocenters. The van der Waals surface area contributed by atoms with E-state index in [1.54, 1.807) is 18.0 Å².